The number of rotatable bonds is 3. The van der Waals surface area contributed by atoms with E-state index < -0.39 is 0 Å². The average molecular weight is 506 g/mol. The van der Waals surface area contributed by atoms with Crippen molar-refractivity contribution < 1.29 is 4.74 Å². The molecule has 0 spiro atoms. The quantitative estimate of drug-likeness (QED) is 0.530. The van der Waals surface area contributed by atoms with Gasteiger partial charge in [-0.2, -0.15) is 5.26 Å². The van der Waals surface area contributed by atoms with E-state index >= 15 is 0 Å². The van der Waals surface area contributed by atoms with E-state index in [0.717, 1.165) is 34.0 Å². The van der Waals surface area contributed by atoms with Crippen LogP contribution in [-0.2, 0) is 4.74 Å². The lowest BCUT2D eigenvalue weighted by Crippen LogP contribution is -2.08. The first-order chi connectivity index (χ1) is 13.4. The van der Waals surface area contributed by atoms with Crippen molar-refractivity contribution in [3.05, 3.63) is 68.6 Å². The van der Waals surface area contributed by atoms with Gasteiger partial charge in [0.05, 0.1) is 12.0 Å². The number of nitriles is 1. The highest BCUT2D eigenvalue weighted by Gasteiger charge is 2.07. The third-order valence-corrected chi connectivity index (χ3v) is 5.38. The van der Waals surface area contributed by atoms with Gasteiger partial charge in [-0.3, -0.25) is 0 Å². The first-order valence-electron chi connectivity index (χ1n) is 9.35. The Hall–Kier alpha value is -1.13. The molecule has 6 heteroatoms. The van der Waals surface area contributed by atoms with E-state index in [9.17, 15) is 0 Å². The number of nitrogens with two attached hydrogens (primary N) is 1. The largest absolute Gasteiger partial charge is 0.388 e. The zero-order valence-corrected chi connectivity index (χ0v) is 19.6. The Morgan fingerprint density at radius 3 is 1.89 bits per heavy atom. The van der Waals surface area contributed by atoms with Crippen LogP contribution >= 0.6 is 31.9 Å². The SMILES string of the molecule is CC(C#N)c1ccc(Br)cc1.CC(CN)c1ccc(Br)cc1.[B]C1CCCO1. The fourth-order valence-electron chi connectivity index (χ4n) is 2.36. The van der Waals surface area contributed by atoms with Gasteiger partial charge >= 0.3 is 0 Å². The number of nitrogens with zero attached hydrogens (tertiary/aromatic N) is 1. The predicted octanol–water partition coefficient (Wildman–Crippen LogP) is 5.88. The number of halogens is 2. The van der Waals surface area contributed by atoms with Gasteiger partial charge in [-0.15, -0.1) is 0 Å². The molecule has 0 aromatic heterocycles. The van der Waals surface area contributed by atoms with Crippen LogP contribution in [0.4, 0.5) is 0 Å². The van der Waals surface area contributed by atoms with Crippen LogP contribution in [-0.4, -0.2) is 27.0 Å². The summed E-state index contributed by atoms with van der Waals surface area (Å²) < 4.78 is 7.09. The van der Waals surface area contributed by atoms with E-state index in [1.54, 1.807) is 0 Å². The third-order valence-electron chi connectivity index (χ3n) is 4.32. The zero-order valence-electron chi connectivity index (χ0n) is 16.4. The molecule has 3 atom stereocenters. The van der Waals surface area contributed by atoms with E-state index in [2.05, 4.69) is 57.0 Å². The number of benzene rings is 2. The van der Waals surface area contributed by atoms with Crippen molar-refractivity contribution in [1.29, 1.82) is 5.26 Å². The van der Waals surface area contributed by atoms with Crippen LogP contribution in [0.5, 0.6) is 0 Å². The minimum absolute atomic E-state index is 0.0110. The maximum absolute atomic E-state index is 8.60. The summed E-state index contributed by atoms with van der Waals surface area (Å²) in [6.07, 6.45) is 2.18. The Bertz CT molecular complexity index is 711. The minimum Gasteiger partial charge on any atom is -0.388 e. The second-order valence-corrected chi connectivity index (χ2v) is 8.47. The van der Waals surface area contributed by atoms with Crippen LogP contribution < -0.4 is 5.73 Å². The Morgan fingerprint density at radius 2 is 1.57 bits per heavy atom. The van der Waals surface area contributed by atoms with Crippen molar-refractivity contribution in [2.75, 3.05) is 13.2 Å². The van der Waals surface area contributed by atoms with Crippen molar-refractivity contribution in [1.82, 2.24) is 0 Å². The van der Waals surface area contributed by atoms with E-state index in [1.807, 2.05) is 43.3 Å². The van der Waals surface area contributed by atoms with Crippen LogP contribution in [0.1, 0.15) is 49.7 Å². The smallest absolute Gasteiger partial charge is 0.108 e. The molecule has 1 aliphatic rings. The Labute approximate surface area is 187 Å². The van der Waals surface area contributed by atoms with Gasteiger partial charge in [0.2, 0.25) is 0 Å². The van der Waals surface area contributed by atoms with Crippen LogP contribution in [0.25, 0.3) is 0 Å². The van der Waals surface area contributed by atoms with E-state index in [1.165, 1.54) is 5.56 Å². The summed E-state index contributed by atoms with van der Waals surface area (Å²) >= 11 is 6.72. The molecule has 2 N–H and O–H groups in total. The molecule has 1 saturated heterocycles. The van der Waals surface area contributed by atoms with Gasteiger partial charge in [0.1, 0.15) is 7.85 Å². The summed E-state index contributed by atoms with van der Waals surface area (Å²) in [5.74, 6) is 0.450. The maximum Gasteiger partial charge on any atom is 0.108 e. The van der Waals surface area contributed by atoms with Gasteiger partial charge in [0, 0.05) is 21.6 Å². The van der Waals surface area contributed by atoms with Gasteiger partial charge in [-0.05, 0) is 67.6 Å². The van der Waals surface area contributed by atoms with Crippen molar-refractivity contribution in [2.45, 2.75) is 44.5 Å². The van der Waals surface area contributed by atoms with Crippen molar-refractivity contribution >= 4 is 39.7 Å². The summed E-state index contributed by atoms with van der Waals surface area (Å²) in [6.45, 7) is 5.59. The fraction of sp³-hybridized carbons (Fsp3) is 0.409. The highest BCUT2D eigenvalue weighted by molar-refractivity contribution is 9.10. The summed E-state index contributed by atoms with van der Waals surface area (Å²) in [7, 11) is 5.31. The maximum atomic E-state index is 8.60. The van der Waals surface area contributed by atoms with Crippen LogP contribution in [0, 0.1) is 11.3 Å². The first kappa shape index (κ1) is 24.9. The molecule has 2 aromatic carbocycles. The highest BCUT2D eigenvalue weighted by atomic mass is 79.9. The normalized spacial score (nSPS) is 17.2. The number of hydrogen-bond donors (Lipinski definition) is 1. The predicted molar refractivity (Wildman–Crippen MR) is 125 cm³/mol. The summed E-state index contributed by atoms with van der Waals surface area (Å²) in [5.41, 5.74) is 7.90. The first-order valence-corrected chi connectivity index (χ1v) is 10.9. The van der Waals surface area contributed by atoms with Crippen LogP contribution in [0.15, 0.2) is 57.5 Å². The Kier molecular flexibility index (Phi) is 12.4. The molecule has 1 aliphatic heterocycles. The van der Waals surface area contributed by atoms with Gasteiger partial charge in [-0.25, -0.2) is 0 Å². The van der Waals surface area contributed by atoms with Crippen LogP contribution in [0.2, 0.25) is 0 Å². The molecule has 3 rings (SSSR count). The summed E-state index contributed by atoms with van der Waals surface area (Å²) in [6, 6.07) is 18.3. The molecule has 0 amide bonds. The molecule has 3 unspecified atom stereocenters. The van der Waals surface area contributed by atoms with Gasteiger partial charge in [0.25, 0.3) is 0 Å². The molecule has 0 bridgehead atoms. The third kappa shape index (κ3) is 9.88. The minimum atomic E-state index is -0.0110. The highest BCUT2D eigenvalue weighted by Crippen LogP contribution is 2.18. The molecule has 1 fully saturated rings. The second kappa shape index (κ2) is 14.0. The molecule has 2 radical (unpaired) electrons. The van der Waals surface area contributed by atoms with Gasteiger partial charge in [-0.1, -0.05) is 63.0 Å². The Morgan fingerprint density at radius 1 is 1.07 bits per heavy atom. The second-order valence-electron chi connectivity index (χ2n) is 6.64. The lowest BCUT2D eigenvalue weighted by Gasteiger charge is -2.07. The molecule has 2 aromatic rings. The van der Waals surface area contributed by atoms with Crippen molar-refractivity contribution in [2.24, 2.45) is 5.73 Å². The van der Waals surface area contributed by atoms with Crippen molar-refractivity contribution in [3.8, 4) is 6.07 Å². The zero-order chi connectivity index (χ0) is 20.9. The Balaban J connectivity index is 0.000000219. The molecule has 3 nitrogen and oxygen atoms in total. The topological polar surface area (TPSA) is 59.0 Å². The van der Waals surface area contributed by atoms with Gasteiger partial charge in [0.15, 0.2) is 0 Å². The molecular weight excluding hydrogens is 479 g/mol. The molecular formula is C22H27BBr2N2O. The lowest BCUT2D eigenvalue weighted by molar-refractivity contribution is 0.168. The standard InChI is InChI=1S/C9H12BrN.C9H8BrN.C4H7BO/c2*1-7(6-11)8-2-4-9(10)5-3-8;5-4-2-1-3-6-4/h2-5,7H,6,11H2,1H3;2-5,7H,1H3;4H,1-3H2. The molecule has 148 valence electrons. The average Bonchev–Trinajstić information content (AvgIpc) is 3.20. The number of ether oxygens (including phenoxy) is 1. The molecule has 0 saturated carbocycles. The summed E-state index contributed by atoms with van der Waals surface area (Å²) in [4.78, 5) is 0. The van der Waals surface area contributed by atoms with Crippen LogP contribution in [0.3, 0.4) is 0 Å². The van der Waals surface area contributed by atoms with E-state index in [-0.39, 0.29) is 11.9 Å². The van der Waals surface area contributed by atoms with Gasteiger partial charge < -0.3 is 10.5 Å². The molecule has 0 aliphatic carbocycles. The van der Waals surface area contributed by atoms with E-state index in [4.69, 9.17) is 23.6 Å². The lowest BCUT2D eigenvalue weighted by atomic mass is 9.98. The fourth-order valence-corrected chi connectivity index (χ4v) is 2.88. The van der Waals surface area contributed by atoms with Crippen molar-refractivity contribution in [3.63, 3.8) is 0 Å². The van der Waals surface area contributed by atoms with E-state index in [0.29, 0.717) is 12.5 Å². The molecule has 28 heavy (non-hydrogen) atoms. The monoisotopic (exact) mass is 504 g/mol. The number of hydrogen-bond acceptors (Lipinski definition) is 3. The molecule has 1 heterocycles. The summed E-state index contributed by atoms with van der Waals surface area (Å²) in [5, 5.41) is 8.60.